The summed E-state index contributed by atoms with van der Waals surface area (Å²) in [5.74, 6) is 0. The largest absolute Gasteiger partial charge is 0.398 e. The molecule has 0 unspecified atom stereocenters. The molecule has 0 heterocycles. The maximum absolute atomic E-state index is 12.2. The van der Waals surface area contributed by atoms with Crippen LogP contribution in [0.3, 0.4) is 0 Å². The lowest BCUT2D eigenvalue weighted by Gasteiger charge is -2.09. The number of nitrogens with one attached hydrogen (secondary N) is 1. The molecule has 0 saturated carbocycles. The summed E-state index contributed by atoms with van der Waals surface area (Å²) in [5, 5.41) is 0.654. The molecule has 0 aliphatic rings. The van der Waals surface area contributed by atoms with Gasteiger partial charge in [-0.2, -0.15) is 0 Å². The van der Waals surface area contributed by atoms with Gasteiger partial charge in [0.1, 0.15) is 4.90 Å². The number of sulfonamides is 1. The van der Waals surface area contributed by atoms with Gasteiger partial charge in [0.2, 0.25) is 10.0 Å². The third-order valence-electron chi connectivity index (χ3n) is 2.88. The molecule has 0 amide bonds. The number of rotatable bonds is 5. The Morgan fingerprint density at radius 2 is 1.81 bits per heavy atom. The van der Waals surface area contributed by atoms with E-state index in [0.29, 0.717) is 15.9 Å². The van der Waals surface area contributed by atoms with Crippen LogP contribution in [-0.2, 0) is 16.4 Å². The number of nitrogen functional groups attached to an aromatic ring is 1. The molecule has 0 spiro atoms. The lowest BCUT2D eigenvalue weighted by Crippen LogP contribution is -2.26. The van der Waals surface area contributed by atoms with Gasteiger partial charge in [-0.25, -0.2) is 13.1 Å². The van der Waals surface area contributed by atoms with E-state index in [9.17, 15) is 8.42 Å². The Bertz CT molecular complexity index is 733. The second-order valence-corrected chi connectivity index (χ2v) is 7.54. The fraction of sp³-hybridized carbons (Fsp3) is 0.143. The first-order valence-electron chi connectivity index (χ1n) is 6.17. The first-order chi connectivity index (χ1) is 9.88. The molecule has 0 aliphatic carbocycles. The van der Waals surface area contributed by atoms with Crippen LogP contribution in [0.2, 0.25) is 5.02 Å². The van der Waals surface area contributed by atoms with E-state index >= 15 is 0 Å². The third kappa shape index (κ3) is 4.44. The Kier molecular flexibility index (Phi) is 5.27. The normalized spacial score (nSPS) is 11.5. The minimum absolute atomic E-state index is 0.0768. The van der Waals surface area contributed by atoms with Gasteiger partial charge in [0.25, 0.3) is 0 Å². The Morgan fingerprint density at radius 1 is 1.14 bits per heavy atom. The number of benzene rings is 2. The SMILES string of the molecule is Nc1ccc(Br)cc1S(=O)(=O)NCCc1ccc(Cl)cc1. The summed E-state index contributed by atoms with van der Waals surface area (Å²) < 4.78 is 27.6. The van der Waals surface area contributed by atoms with Crippen molar-refractivity contribution in [2.24, 2.45) is 0 Å². The smallest absolute Gasteiger partial charge is 0.242 e. The highest BCUT2D eigenvalue weighted by molar-refractivity contribution is 9.10. The number of anilines is 1. The summed E-state index contributed by atoms with van der Waals surface area (Å²) >= 11 is 9.04. The van der Waals surface area contributed by atoms with E-state index in [2.05, 4.69) is 20.7 Å². The summed E-state index contributed by atoms with van der Waals surface area (Å²) in [6.07, 6.45) is 0.574. The molecule has 3 N–H and O–H groups in total. The predicted octanol–water partition coefficient (Wildman–Crippen LogP) is 3.21. The minimum atomic E-state index is -3.62. The van der Waals surface area contributed by atoms with Crippen molar-refractivity contribution in [1.82, 2.24) is 4.72 Å². The lowest BCUT2D eigenvalue weighted by molar-refractivity contribution is 0.582. The molecule has 2 rings (SSSR count). The van der Waals surface area contributed by atoms with Gasteiger partial charge >= 0.3 is 0 Å². The van der Waals surface area contributed by atoms with Gasteiger partial charge < -0.3 is 5.73 Å². The molecule has 0 atom stereocenters. The van der Waals surface area contributed by atoms with Crippen LogP contribution in [0.15, 0.2) is 51.8 Å². The van der Waals surface area contributed by atoms with E-state index in [4.69, 9.17) is 17.3 Å². The number of nitrogens with two attached hydrogens (primary N) is 1. The van der Waals surface area contributed by atoms with Crippen molar-refractivity contribution >= 4 is 43.2 Å². The van der Waals surface area contributed by atoms with Crippen LogP contribution in [0, 0.1) is 0 Å². The van der Waals surface area contributed by atoms with E-state index in [1.165, 1.54) is 6.07 Å². The van der Waals surface area contributed by atoms with Crippen molar-refractivity contribution in [3.63, 3.8) is 0 Å². The molecule has 0 saturated heterocycles. The molecule has 2 aromatic rings. The molecule has 2 aromatic carbocycles. The van der Waals surface area contributed by atoms with E-state index in [1.807, 2.05) is 12.1 Å². The summed E-state index contributed by atoms with van der Waals surface area (Å²) in [7, 11) is -3.62. The van der Waals surface area contributed by atoms with Crippen molar-refractivity contribution in [2.75, 3.05) is 12.3 Å². The monoisotopic (exact) mass is 388 g/mol. The number of hydrogen-bond acceptors (Lipinski definition) is 3. The van der Waals surface area contributed by atoms with Gasteiger partial charge in [0, 0.05) is 16.0 Å². The standard InChI is InChI=1S/C14H14BrClN2O2S/c15-11-3-6-13(17)14(9-11)21(19,20)18-8-7-10-1-4-12(16)5-2-10/h1-6,9,18H,7-8,17H2. The van der Waals surface area contributed by atoms with Crippen LogP contribution >= 0.6 is 27.5 Å². The zero-order chi connectivity index (χ0) is 15.5. The lowest BCUT2D eigenvalue weighted by atomic mass is 10.2. The van der Waals surface area contributed by atoms with Crippen molar-refractivity contribution in [3.05, 3.63) is 57.5 Å². The van der Waals surface area contributed by atoms with Crippen LogP contribution in [0.5, 0.6) is 0 Å². The Balaban J connectivity index is 2.04. The van der Waals surface area contributed by atoms with Crippen molar-refractivity contribution in [1.29, 1.82) is 0 Å². The van der Waals surface area contributed by atoms with Gasteiger partial charge in [-0.1, -0.05) is 39.7 Å². The summed E-state index contributed by atoms with van der Waals surface area (Å²) in [5.41, 5.74) is 6.94. The molecule has 4 nitrogen and oxygen atoms in total. The average Bonchev–Trinajstić information content (AvgIpc) is 2.43. The maximum Gasteiger partial charge on any atom is 0.242 e. The highest BCUT2D eigenvalue weighted by Gasteiger charge is 2.17. The Labute approximate surface area is 137 Å². The summed E-state index contributed by atoms with van der Waals surface area (Å²) in [6, 6.07) is 12.0. The zero-order valence-corrected chi connectivity index (χ0v) is 14.2. The molecule has 0 bridgehead atoms. The molecule has 0 fully saturated rings. The van der Waals surface area contributed by atoms with Crippen LogP contribution in [0.1, 0.15) is 5.56 Å². The number of hydrogen-bond donors (Lipinski definition) is 2. The Morgan fingerprint density at radius 3 is 2.48 bits per heavy atom. The van der Waals surface area contributed by atoms with Crippen LogP contribution in [0.4, 0.5) is 5.69 Å². The number of halogens is 2. The van der Waals surface area contributed by atoms with E-state index in [0.717, 1.165) is 5.56 Å². The molecular weight excluding hydrogens is 376 g/mol. The van der Waals surface area contributed by atoms with Crippen molar-refractivity contribution in [3.8, 4) is 0 Å². The van der Waals surface area contributed by atoms with Gasteiger partial charge in [0.05, 0.1) is 5.69 Å². The maximum atomic E-state index is 12.2. The average molecular weight is 390 g/mol. The van der Waals surface area contributed by atoms with E-state index < -0.39 is 10.0 Å². The fourth-order valence-corrected chi connectivity index (χ4v) is 3.62. The highest BCUT2D eigenvalue weighted by Crippen LogP contribution is 2.22. The van der Waals surface area contributed by atoms with Gasteiger partial charge in [0.15, 0.2) is 0 Å². The quantitative estimate of drug-likeness (QED) is 0.771. The Hall–Kier alpha value is -1.08. The fourth-order valence-electron chi connectivity index (χ4n) is 1.80. The van der Waals surface area contributed by atoms with E-state index in [-0.39, 0.29) is 17.1 Å². The van der Waals surface area contributed by atoms with Crippen molar-refractivity contribution < 1.29 is 8.42 Å². The molecule has 0 radical (unpaired) electrons. The third-order valence-corrected chi connectivity index (χ3v) is 5.15. The van der Waals surface area contributed by atoms with Gasteiger partial charge in [-0.3, -0.25) is 0 Å². The molecule has 0 aromatic heterocycles. The zero-order valence-electron chi connectivity index (χ0n) is 11.0. The molecular formula is C14H14BrClN2O2S. The molecule has 21 heavy (non-hydrogen) atoms. The molecule has 7 heteroatoms. The van der Waals surface area contributed by atoms with Crippen LogP contribution in [-0.4, -0.2) is 15.0 Å². The minimum Gasteiger partial charge on any atom is -0.398 e. The first-order valence-corrected chi connectivity index (χ1v) is 8.83. The topological polar surface area (TPSA) is 72.2 Å². The van der Waals surface area contributed by atoms with Gasteiger partial charge in [-0.05, 0) is 42.3 Å². The molecule has 0 aliphatic heterocycles. The van der Waals surface area contributed by atoms with Crippen molar-refractivity contribution in [2.45, 2.75) is 11.3 Å². The van der Waals surface area contributed by atoms with E-state index in [1.54, 1.807) is 24.3 Å². The van der Waals surface area contributed by atoms with Crippen LogP contribution < -0.4 is 10.5 Å². The summed E-state index contributed by atoms with van der Waals surface area (Å²) in [4.78, 5) is 0.0768. The van der Waals surface area contributed by atoms with Gasteiger partial charge in [-0.15, -0.1) is 0 Å². The summed E-state index contributed by atoms with van der Waals surface area (Å²) in [6.45, 7) is 0.288. The second-order valence-electron chi connectivity index (χ2n) is 4.46. The van der Waals surface area contributed by atoms with Crippen LogP contribution in [0.25, 0.3) is 0 Å². The molecule has 112 valence electrons. The predicted molar refractivity (Wildman–Crippen MR) is 88.9 cm³/mol. The highest BCUT2D eigenvalue weighted by atomic mass is 79.9. The second kappa shape index (κ2) is 6.79. The first kappa shape index (κ1) is 16.3.